The smallest absolute Gasteiger partial charge is 0.247 e. The first-order chi connectivity index (χ1) is 6.01. The summed E-state index contributed by atoms with van der Waals surface area (Å²) in [6, 6.07) is 0. The lowest BCUT2D eigenvalue weighted by atomic mass is 10.3. The second-order valence-electron chi connectivity index (χ2n) is 3.14. The van der Waals surface area contributed by atoms with E-state index < -0.39 is 5.92 Å². The second kappa shape index (κ2) is 3.83. The average Bonchev–Trinajstić information content (AvgIpc) is 2.47. The van der Waals surface area contributed by atoms with Crippen molar-refractivity contribution in [2.75, 3.05) is 0 Å². The fourth-order valence-electron chi connectivity index (χ4n) is 0.945. The van der Waals surface area contributed by atoms with E-state index >= 15 is 0 Å². The van der Waals surface area contributed by atoms with Gasteiger partial charge in [-0.3, -0.25) is 4.68 Å². The van der Waals surface area contributed by atoms with Crippen molar-refractivity contribution in [3.8, 4) is 0 Å². The Hall–Kier alpha value is -0.970. The highest BCUT2D eigenvalue weighted by molar-refractivity contribution is 5.02. The van der Waals surface area contributed by atoms with E-state index in [0.29, 0.717) is 6.54 Å². The van der Waals surface area contributed by atoms with E-state index in [1.165, 1.54) is 4.68 Å². The molecule has 0 fully saturated rings. The summed E-state index contributed by atoms with van der Waals surface area (Å²) in [4.78, 5) is 0. The van der Waals surface area contributed by atoms with Gasteiger partial charge in [0.25, 0.3) is 0 Å². The first-order valence-electron chi connectivity index (χ1n) is 4.10. The van der Waals surface area contributed by atoms with Crippen LogP contribution in [-0.4, -0.2) is 15.7 Å². The van der Waals surface area contributed by atoms with Crippen LogP contribution in [-0.2, 0) is 13.1 Å². The van der Waals surface area contributed by atoms with Gasteiger partial charge in [-0.15, -0.1) is 0 Å². The number of nitrogens with zero attached hydrogens (tertiary/aromatic N) is 2. The van der Waals surface area contributed by atoms with E-state index in [1.807, 2.05) is 0 Å². The number of halogens is 2. The average molecular weight is 189 g/mol. The second-order valence-corrected chi connectivity index (χ2v) is 3.14. The zero-order valence-electron chi connectivity index (χ0n) is 7.50. The van der Waals surface area contributed by atoms with Gasteiger partial charge >= 0.3 is 0 Å². The lowest BCUT2D eigenvalue weighted by Gasteiger charge is -2.08. The number of aryl methyl sites for hydroxylation is 1. The van der Waals surface area contributed by atoms with Crippen molar-refractivity contribution in [3.63, 3.8) is 0 Å². The highest BCUT2D eigenvalue weighted by Gasteiger charge is 2.20. The number of rotatable bonds is 4. The van der Waals surface area contributed by atoms with E-state index in [9.17, 15) is 8.78 Å². The minimum atomic E-state index is -2.63. The van der Waals surface area contributed by atoms with Gasteiger partial charge in [0.15, 0.2) is 0 Å². The molecular weight excluding hydrogens is 176 g/mol. The molecule has 0 saturated heterocycles. The number of hydrogen-bond acceptors (Lipinski definition) is 2. The Bertz CT molecular complexity index is 265. The van der Waals surface area contributed by atoms with Crippen LogP contribution in [0, 0.1) is 0 Å². The molecule has 1 heterocycles. The Morgan fingerprint density at radius 3 is 2.77 bits per heavy atom. The van der Waals surface area contributed by atoms with Crippen molar-refractivity contribution in [1.82, 2.24) is 9.78 Å². The molecule has 0 atom stereocenters. The summed E-state index contributed by atoms with van der Waals surface area (Å²) < 4.78 is 26.3. The molecule has 0 amide bonds. The lowest BCUT2D eigenvalue weighted by molar-refractivity contribution is 0.00778. The summed E-state index contributed by atoms with van der Waals surface area (Å²) in [5.74, 6) is -2.63. The Balaban J connectivity index is 2.46. The fraction of sp³-hybridized carbons (Fsp3) is 0.625. The van der Waals surface area contributed by atoms with Gasteiger partial charge in [0.2, 0.25) is 5.92 Å². The van der Waals surface area contributed by atoms with Crippen LogP contribution in [0.25, 0.3) is 0 Å². The molecule has 0 aromatic carbocycles. The largest absolute Gasteiger partial charge is 0.326 e. The zero-order chi connectivity index (χ0) is 9.90. The third-order valence-electron chi connectivity index (χ3n) is 1.70. The quantitative estimate of drug-likeness (QED) is 0.777. The third-order valence-corrected chi connectivity index (χ3v) is 1.70. The van der Waals surface area contributed by atoms with Crippen molar-refractivity contribution >= 4 is 0 Å². The molecule has 0 aliphatic carbocycles. The van der Waals surface area contributed by atoms with Crippen molar-refractivity contribution in [2.45, 2.75) is 32.4 Å². The Labute approximate surface area is 75.5 Å². The molecule has 0 unspecified atom stereocenters. The molecule has 0 bridgehead atoms. The van der Waals surface area contributed by atoms with Crippen LogP contribution in [0.1, 0.15) is 18.9 Å². The topological polar surface area (TPSA) is 43.8 Å². The standard InChI is InChI=1S/C8H13F2N3/c1-8(9,10)2-3-13-6-7(4-11)5-12-13/h5-6H,2-4,11H2,1H3. The van der Waals surface area contributed by atoms with Gasteiger partial charge in [-0.05, 0) is 6.92 Å². The maximum Gasteiger partial charge on any atom is 0.247 e. The van der Waals surface area contributed by atoms with Crippen molar-refractivity contribution in [3.05, 3.63) is 18.0 Å². The fourth-order valence-corrected chi connectivity index (χ4v) is 0.945. The Kier molecular flexibility index (Phi) is 2.98. The Morgan fingerprint density at radius 2 is 2.31 bits per heavy atom. The predicted octanol–water partition coefficient (Wildman–Crippen LogP) is 1.39. The van der Waals surface area contributed by atoms with Gasteiger partial charge in [0, 0.05) is 31.3 Å². The van der Waals surface area contributed by atoms with Crippen LogP contribution in [0.5, 0.6) is 0 Å². The molecule has 1 rings (SSSR count). The monoisotopic (exact) mass is 189 g/mol. The van der Waals surface area contributed by atoms with Crippen molar-refractivity contribution < 1.29 is 8.78 Å². The van der Waals surface area contributed by atoms with Gasteiger partial charge < -0.3 is 5.73 Å². The molecule has 3 nitrogen and oxygen atoms in total. The highest BCUT2D eigenvalue weighted by Crippen LogP contribution is 2.17. The van der Waals surface area contributed by atoms with Gasteiger partial charge in [-0.1, -0.05) is 0 Å². The molecule has 5 heteroatoms. The van der Waals surface area contributed by atoms with E-state index in [0.717, 1.165) is 12.5 Å². The van der Waals surface area contributed by atoms with Gasteiger partial charge in [-0.2, -0.15) is 5.10 Å². The van der Waals surface area contributed by atoms with Crippen molar-refractivity contribution in [2.24, 2.45) is 5.73 Å². The summed E-state index contributed by atoms with van der Waals surface area (Å²) in [5, 5.41) is 3.89. The van der Waals surface area contributed by atoms with Gasteiger partial charge in [0.05, 0.1) is 6.20 Å². The van der Waals surface area contributed by atoms with E-state index in [-0.39, 0.29) is 13.0 Å². The minimum absolute atomic E-state index is 0.196. The van der Waals surface area contributed by atoms with E-state index in [2.05, 4.69) is 5.10 Å². The maximum atomic E-state index is 12.4. The molecule has 74 valence electrons. The molecule has 13 heavy (non-hydrogen) atoms. The number of aromatic nitrogens is 2. The van der Waals surface area contributed by atoms with Crippen molar-refractivity contribution in [1.29, 1.82) is 0 Å². The molecule has 0 saturated carbocycles. The van der Waals surface area contributed by atoms with Crippen LogP contribution < -0.4 is 5.73 Å². The molecule has 1 aromatic heterocycles. The van der Waals surface area contributed by atoms with Crippen LogP contribution in [0.3, 0.4) is 0 Å². The number of nitrogens with two attached hydrogens (primary N) is 1. The Morgan fingerprint density at radius 1 is 1.62 bits per heavy atom. The summed E-state index contributed by atoms with van der Waals surface area (Å²) in [7, 11) is 0. The molecule has 0 aliphatic rings. The SMILES string of the molecule is CC(F)(F)CCn1cc(CN)cn1. The molecule has 0 aliphatic heterocycles. The maximum absolute atomic E-state index is 12.4. The summed E-state index contributed by atoms with van der Waals surface area (Å²) >= 11 is 0. The predicted molar refractivity (Wildman–Crippen MR) is 45.4 cm³/mol. The molecular formula is C8H13F2N3. The molecule has 0 radical (unpaired) electrons. The summed E-state index contributed by atoms with van der Waals surface area (Å²) in [6.07, 6.45) is 3.08. The summed E-state index contributed by atoms with van der Waals surface area (Å²) in [5.41, 5.74) is 6.20. The summed E-state index contributed by atoms with van der Waals surface area (Å²) in [6.45, 7) is 1.52. The highest BCUT2D eigenvalue weighted by atomic mass is 19.3. The van der Waals surface area contributed by atoms with E-state index in [4.69, 9.17) is 5.73 Å². The van der Waals surface area contributed by atoms with Gasteiger partial charge in [-0.25, -0.2) is 8.78 Å². The number of hydrogen-bond donors (Lipinski definition) is 1. The van der Waals surface area contributed by atoms with Crippen LogP contribution >= 0.6 is 0 Å². The zero-order valence-corrected chi connectivity index (χ0v) is 7.50. The number of alkyl halides is 2. The lowest BCUT2D eigenvalue weighted by Crippen LogP contribution is -2.14. The first kappa shape index (κ1) is 10.1. The van der Waals surface area contributed by atoms with Crippen LogP contribution in [0.2, 0.25) is 0 Å². The molecule has 2 N–H and O–H groups in total. The first-order valence-corrected chi connectivity index (χ1v) is 4.10. The van der Waals surface area contributed by atoms with Gasteiger partial charge in [0.1, 0.15) is 0 Å². The van der Waals surface area contributed by atoms with Crippen LogP contribution in [0.15, 0.2) is 12.4 Å². The normalized spacial score (nSPS) is 12.0. The third kappa shape index (κ3) is 3.50. The molecule has 0 spiro atoms. The van der Waals surface area contributed by atoms with Crippen LogP contribution in [0.4, 0.5) is 8.78 Å². The van der Waals surface area contributed by atoms with E-state index in [1.54, 1.807) is 12.4 Å². The minimum Gasteiger partial charge on any atom is -0.326 e. The molecule has 1 aromatic rings.